The van der Waals surface area contributed by atoms with Gasteiger partial charge in [-0.3, -0.25) is 9.59 Å². The van der Waals surface area contributed by atoms with Gasteiger partial charge in [0.2, 0.25) is 5.91 Å². The number of nitrogens with zero attached hydrogens (tertiary/aromatic N) is 1. The van der Waals surface area contributed by atoms with Crippen LogP contribution in [0.2, 0.25) is 0 Å². The summed E-state index contributed by atoms with van der Waals surface area (Å²) in [6.07, 6.45) is -4.42. The van der Waals surface area contributed by atoms with Gasteiger partial charge in [0.25, 0.3) is 5.91 Å². The fourth-order valence-electron chi connectivity index (χ4n) is 6.75. The van der Waals surface area contributed by atoms with Gasteiger partial charge in [-0.15, -0.1) is 0 Å². The molecular weight excluding hydrogens is 697 g/mol. The maximum absolute atomic E-state index is 14.2. The second-order valence-corrected chi connectivity index (χ2v) is 13.8. The third-order valence-electron chi connectivity index (χ3n) is 9.57. The first-order valence-corrected chi connectivity index (χ1v) is 18.1. The molecule has 0 spiro atoms. The van der Waals surface area contributed by atoms with Crippen LogP contribution in [0.15, 0.2) is 103 Å². The molecule has 4 N–H and O–H groups in total. The Labute approximate surface area is 313 Å². The number of alkyl halides is 3. The average molecular weight is 745 g/mol. The van der Waals surface area contributed by atoms with E-state index in [1.165, 1.54) is 17.0 Å². The molecule has 5 rings (SSSR count). The van der Waals surface area contributed by atoms with Crippen molar-refractivity contribution in [1.29, 1.82) is 0 Å². The molecule has 1 aliphatic heterocycles. The highest BCUT2D eigenvalue weighted by Crippen LogP contribution is 2.29. The van der Waals surface area contributed by atoms with E-state index in [-0.39, 0.29) is 26.0 Å². The van der Waals surface area contributed by atoms with E-state index in [1.54, 1.807) is 0 Å². The van der Waals surface area contributed by atoms with Crippen molar-refractivity contribution in [2.45, 2.75) is 76.4 Å². The fraction of sp³-hybridized carbons (Fsp3) is 0.357. The zero-order valence-corrected chi connectivity index (χ0v) is 30.4. The zero-order valence-electron chi connectivity index (χ0n) is 30.4. The summed E-state index contributed by atoms with van der Waals surface area (Å²) in [7, 11) is 0. The molecule has 0 aromatic heterocycles. The summed E-state index contributed by atoms with van der Waals surface area (Å²) in [4.78, 5) is 42.0. The van der Waals surface area contributed by atoms with Gasteiger partial charge in [0, 0.05) is 25.6 Å². The van der Waals surface area contributed by atoms with Gasteiger partial charge < -0.3 is 30.7 Å². The van der Waals surface area contributed by atoms with E-state index >= 15 is 0 Å². The maximum atomic E-state index is 14.2. The molecule has 4 unspecified atom stereocenters. The van der Waals surface area contributed by atoms with Crippen LogP contribution in [-0.2, 0) is 35.0 Å². The van der Waals surface area contributed by atoms with Crippen LogP contribution in [-0.4, -0.2) is 71.8 Å². The van der Waals surface area contributed by atoms with E-state index in [2.05, 4.69) is 16.0 Å². The summed E-state index contributed by atoms with van der Waals surface area (Å²) < 4.78 is 45.8. The van der Waals surface area contributed by atoms with E-state index < -0.39 is 53.8 Å². The monoisotopic (exact) mass is 744 g/mol. The number of rotatable bonds is 16. The molecule has 286 valence electrons. The first-order chi connectivity index (χ1) is 25.9. The van der Waals surface area contributed by atoms with Gasteiger partial charge in [0.05, 0.1) is 17.7 Å². The summed E-state index contributed by atoms with van der Waals surface area (Å²) >= 11 is 0. The lowest BCUT2D eigenvalue weighted by atomic mass is 9.93. The number of hydrogen-bond acceptors (Lipinski definition) is 5. The fourth-order valence-corrected chi connectivity index (χ4v) is 6.75. The lowest BCUT2D eigenvalue weighted by molar-refractivity contribution is -0.137. The molecule has 4 aromatic rings. The second-order valence-electron chi connectivity index (χ2n) is 13.8. The van der Waals surface area contributed by atoms with Crippen molar-refractivity contribution in [2.24, 2.45) is 0 Å². The van der Waals surface area contributed by atoms with Gasteiger partial charge in [0.15, 0.2) is 6.61 Å². The number of benzene rings is 4. The first kappa shape index (κ1) is 39.8. The first-order valence-electron chi connectivity index (χ1n) is 18.1. The normalized spacial score (nSPS) is 15.4. The highest BCUT2D eigenvalue weighted by atomic mass is 19.4. The standard InChI is InChI=1S/C42H47F3N4O5/c1-28-11-9-12-29(2)39(28)54-27-38(51)48-35(24-31-15-7-4-8-16-31)37(50)26-34(23-30-13-5-3-6-14-30)47-40(52)36(49-22-10-21-46-41(49)53)25-32-17-19-33(20-18-32)42(43,44)45/h3-9,11-20,34-37,50H,10,21-27H2,1-2H3,(H,46,53)(H,47,52)(H,48,51). The van der Waals surface area contributed by atoms with Gasteiger partial charge in [-0.1, -0.05) is 91.0 Å². The zero-order chi connectivity index (χ0) is 38.7. The summed E-state index contributed by atoms with van der Waals surface area (Å²) in [6.45, 7) is 4.25. The third-order valence-corrected chi connectivity index (χ3v) is 9.57. The number of ether oxygens (including phenoxy) is 1. The number of aliphatic hydroxyl groups is 1. The minimum Gasteiger partial charge on any atom is -0.483 e. The molecule has 4 amide bonds. The van der Waals surface area contributed by atoms with Crippen LogP contribution >= 0.6 is 0 Å². The van der Waals surface area contributed by atoms with Crippen molar-refractivity contribution < 1.29 is 37.4 Å². The molecule has 4 aromatic carbocycles. The number of carbonyl (C=O) groups excluding carboxylic acids is 3. The molecule has 0 saturated carbocycles. The molecule has 12 heteroatoms. The molecule has 1 aliphatic rings. The Morgan fingerprint density at radius 1 is 0.815 bits per heavy atom. The van der Waals surface area contributed by atoms with E-state index in [4.69, 9.17) is 4.74 Å². The smallest absolute Gasteiger partial charge is 0.416 e. The molecule has 9 nitrogen and oxygen atoms in total. The minimum absolute atomic E-state index is 0.0228. The number of aryl methyl sites for hydroxylation is 2. The third kappa shape index (κ3) is 11.3. The molecule has 0 bridgehead atoms. The van der Waals surface area contributed by atoms with Crippen molar-refractivity contribution in [2.75, 3.05) is 19.7 Å². The van der Waals surface area contributed by atoms with Crippen LogP contribution in [0.4, 0.5) is 18.0 Å². The maximum Gasteiger partial charge on any atom is 0.416 e. The summed E-state index contributed by atoms with van der Waals surface area (Å²) in [5.74, 6) is -0.314. The van der Waals surface area contributed by atoms with E-state index in [9.17, 15) is 32.7 Å². The summed E-state index contributed by atoms with van der Waals surface area (Å²) in [5, 5.41) is 20.6. The highest BCUT2D eigenvalue weighted by Gasteiger charge is 2.35. The Morgan fingerprint density at radius 3 is 2.00 bits per heavy atom. The number of nitrogens with one attached hydrogen (secondary N) is 3. The topological polar surface area (TPSA) is 120 Å². The molecular formula is C42H47F3N4O5. The Kier molecular flexibility index (Phi) is 13.7. The van der Waals surface area contributed by atoms with Crippen LogP contribution in [0.25, 0.3) is 0 Å². The van der Waals surface area contributed by atoms with Crippen molar-refractivity contribution in [3.8, 4) is 5.75 Å². The quantitative estimate of drug-likeness (QED) is 0.113. The number of amides is 4. The van der Waals surface area contributed by atoms with Crippen LogP contribution in [0.5, 0.6) is 5.75 Å². The predicted molar refractivity (Wildman–Crippen MR) is 200 cm³/mol. The average Bonchev–Trinajstić information content (AvgIpc) is 3.14. The number of halogens is 3. The molecule has 1 heterocycles. The number of carbonyl (C=O) groups is 3. The van der Waals surface area contributed by atoms with E-state index in [1.807, 2.05) is 92.7 Å². The second kappa shape index (κ2) is 18.6. The number of aliphatic hydroxyl groups excluding tert-OH is 1. The molecule has 1 saturated heterocycles. The van der Waals surface area contributed by atoms with Crippen molar-refractivity contribution in [1.82, 2.24) is 20.9 Å². The van der Waals surface area contributed by atoms with Gasteiger partial charge in [-0.25, -0.2) is 4.79 Å². The van der Waals surface area contributed by atoms with Gasteiger partial charge in [-0.2, -0.15) is 13.2 Å². The van der Waals surface area contributed by atoms with Crippen LogP contribution in [0.1, 0.15) is 46.2 Å². The van der Waals surface area contributed by atoms with Crippen molar-refractivity contribution in [3.63, 3.8) is 0 Å². The van der Waals surface area contributed by atoms with Crippen LogP contribution in [0.3, 0.4) is 0 Å². The van der Waals surface area contributed by atoms with Crippen molar-refractivity contribution >= 4 is 17.8 Å². The molecule has 1 fully saturated rings. The Bertz CT molecular complexity index is 1820. The number of para-hydroxylation sites is 1. The minimum atomic E-state index is -4.52. The number of urea groups is 1. The van der Waals surface area contributed by atoms with Crippen LogP contribution < -0.4 is 20.7 Å². The molecule has 54 heavy (non-hydrogen) atoms. The van der Waals surface area contributed by atoms with Crippen LogP contribution in [0, 0.1) is 13.8 Å². The SMILES string of the molecule is Cc1cccc(C)c1OCC(=O)NC(Cc1ccccc1)C(O)CC(Cc1ccccc1)NC(=O)C(Cc1ccc(C(F)(F)F)cc1)N1CCCNC1=O. The van der Waals surface area contributed by atoms with Gasteiger partial charge >= 0.3 is 12.2 Å². The lowest BCUT2D eigenvalue weighted by Crippen LogP contribution is -2.58. The van der Waals surface area contributed by atoms with Gasteiger partial charge in [0.1, 0.15) is 11.8 Å². The van der Waals surface area contributed by atoms with E-state index in [0.29, 0.717) is 37.1 Å². The van der Waals surface area contributed by atoms with Crippen molar-refractivity contribution in [3.05, 3.63) is 137 Å². The predicted octanol–water partition coefficient (Wildman–Crippen LogP) is 5.93. The summed E-state index contributed by atoms with van der Waals surface area (Å²) in [5.41, 5.74) is 3.19. The van der Waals surface area contributed by atoms with E-state index in [0.717, 1.165) is 34.4 Å². The molecule has 0 aliphatic carbocycles. The Hall–Kier alpha value is -5.36. The lowest BCUT2D eigenvalue weighted by Gasteiger charge is -2.35. The number of hydrogen-bond donors (Lipinski definition) is 4. The largest absolute Gasteiger partial charge is 0.483 e. The molecule has 4 atom stereocenters. The Balaban J connectivity index is 1.37. The summed E-state index contributed by atoms with van der Waals surface area (Å²) in [6, 6.07) is 26.2. The van der Waals surface area contributed by atoms with Gasteiger partial charge in [-0.05, 0) is 79.5 Å². The molecule has 0 radical (unpaired) electrons. The Morgan fingerprint density at radius 2 is 1.41 bits per heavy atom. The highest BCUT2D eigenvalue weighted by molar-refractivity contribution is 5.88.